The van der Waals surface area contributed by atoms with Gasteiger partial charge in [-0.05, 0) is 37.1 Å². The van der Waals surface area contributed by atoms with Gasteiger partial charge in [-0.3, -0.25) is 0 Å². The van der Waals surface area contributed by atoms with Gasteiger partial charge in [0.05, 0.1) is 0 Å². The quantitative estimate of drug-likeness (QED) is 0.594. The average molecular weight is 208 g/mol. The fourth-order valence-corrected chi connectivity index (χ4v) is 1.59. The summed E-state index contributed by atoms with van der Waals surface area (Å²) in [5.41, 5.74) is 8.99. The molecule has 84 valence electrons. The van der Waals surface area contributed by atoms with E-state index in [9.17, 15) is 0 Å². The third-order valence-corrected chi connectivity index (χ3v) is 2.37. The molecule has 0 aromatic heterocycles. The standard InChI is InChI=1S/C12H20N2O/c1-10-7-11(13)9-12(8-10)14(2)5-4-6-15-3/h7-9H,4-6,13H2,1-3H3. The number of anilines is 2. The van der Waals surface area contributed by atoms with Crippen LogP contribution < -0.4 is 10.6 Å². The number of benzene rings is 1. The van der Waals surface area contributed by atoms with Crippen LogP contribution in [-0.4, -0.2) is 27.3 Å². The van der Waals surface area contributed by atoms with Gasteiger partial charge in [-0.1, -0.05) is 0 Å². The number of rotatable bonds is 5. The van der Waals surface area contributed by atoms with Crippen LogP contribution in [0.2, 0.25) is 0 Å². The molecular formula is C12H20N2O. The zero-order valence-corrected chi connectivity index (χ0v) is 9.79. The van der Waals surface area contributed by atoms with E-state index in [4.69, 9.17) is 10.5 Å². The van der Waals surface area contributed by atoms with Crippen molar-refractivity contribution in [1.82, 2.24) is 0 Å². The van der Waals surface area contributed by atoms with E-state index in [1.54, 1.807) is 7.11 Å². The SMILES string of the molecule is COCCCN(C)c1cc(C)cc(N)c1. The number of aryl methyl sites for hydroxylation is 1. The van der Waals surface area contributed by atoms with Crippen molar-refractivity contribution in [3.05, 3.63) is 23.8 Å². The van der Waals surface area contributed by atoms with Crippen LogP contribution in [0.25, 0.3) is 0 Å². The molecular weight excluding hydrogens is 188 g/mol. The molecule has 15 heavy (non-hydrogen) atoms. The maximum Gasteiger partial charge on any atom is 0.0479 e. The van der Waals surface area contributed by atoms with Crippen molar-refractivity contribution < 1.29 is 4.74 Å². The minimum Gasteiger partial charge on any atom is -0.399 e. The second-order valence-electron chi connectivity index (χ2n) is 3.87. The zero-order chi connectivity index (χ0) is 11.3. The smallest absolute Gasteiger partial charge is 0.0479 e. The summed E-state index contributed by atoms with van der Waals surface area (Å²) < 4.78 is 5.02. The van der Waals surface area contributed by atoms with Crippen LogP contribution in [0.3, 0.4) is 0 Å². The summed E-state index contributed by atoms with van der Waals surface area (Å²) in [4.78, 5) is 2.20. The lowest BCUT2D eigenvalue weighted by Crippen LogP contribution is -2.19. The van der Waals surface area contributed by atoms with Gasteiger partial charge < -0.3 is 15.4 Å². The maximum absolute atomic E-state index is 5.80. The number of hydrogen-bond donors (Lipinski definition) is 1. The molecule has 0 amide bonds. The van der Waals surface area contributed by atoms with Crippen molar-refractivity contribution in [3.8, 4) is 0 Å². The van der Waals surface area contributed by atoms with Crippen LogP contribution >= 0.6 is 0 Å². The highest BCUT2D eigenvalue weighted by Crippen LogP contribution is 2.19. The molecule has 1 aromatic rings. The van der Waals surface area contributed by atoms with Crippen LogP contribution in [0.1, 0.15) is 12.0 Å². The lowest BCUT2D eigenvalue weighted by atomic mass is 10.2. The predicted molar refractivity (Wildman–Crippen MR) is 65.4 cm³/mol. The largest absolute Gasteiger partial charge is 0.399 e. The van der Waals surface area contributed by atoms with Gasteiger partial charge in [0.2, 0.25) is 0 Å². The minimum atomic E-state index is 0.797. The van der Waals surface area contributed by atoms with Crippen molar-refractivity contribution in [2.75, 3.05) is 37.9 Å². The van der Waals surface area contributed by atoms with Crippen molar-refractivity contribution in [3.63, 3.8) is 0 Å². The first-order valence-electron chi connectivity index (χ1n) is 5.20. The zero-order valence-electron chi connectivity index (χ0n) is 9.79. The molecule has 0 aliphatic carbocycles. The number of nitrogens with two attached hydrogens (primary N) is 1. The first-order chi connectivity index (χ1) is 7.13. The third kappa shape index (κ3) is 3.80. The second-order valence-corrected chi connectivity index (χ2v) is 3.87. The number of nitrogen functional groups attached to an aromatic ring is 1. The van der Waals surface area contributed by atoms with Gasteiger partial charge in [0, 0.05) is 38.7 Å². The summed E-state index contributed by atoms with van der Waals surface area (Å²) in [6.07, 6.45) is 1.03. The highest BCUT2D eigenvalue weighted by Gasteiger charge is 2.01. The minimum absolute atomic E-state index is 0.797. The molecule has 0 bridgehead atoms. The molecule has 0 unspecified atom stereocenters. The van der Waals surface area contributed by atoms with Gasteiger partial charge in [0.1, 0.15) is 0 Å². The van der Waals surface area contributed by atoms with Gasteiger partial charge in [-0.25, -0.2) is 0 Å². The monoisotopic (exact) mass is 208 g/mol. The summed E-state index contributed by atoms with van der Waals surface area (Å²) in [5.74, 6) is 0. The van der Waals surface area contributed by atoms with Crippen LogP contribution in [-0.2, 0) is 4.74 Å². The highest BCUT2D eigenvalue weighted by atomic mass is 16.5. The Balaban J connectivity index is 2.60. The Morgan fingerprint density at radius 1 is 1.33 bits per heavy atom. The van der Waals surface area contributed by atoms with Crippen molar-refractivity contribution in [2.24, 2.45) is 0 Å². The Kier molecular flexibility index (Phi) is 4.43. The summed E-state index contributed by atoms with van der Waals surface area (Å²) in [6.45, 7) is 3.84. The Labute approximate surface area is 91.8 Å². The lowest BCUT2D eigenvalue weighted by molar-refractivity contribution is 0.196. The van der Waals surface area contributed by atoms with Gasteiger partial charge in [-0.15, -0.1) is 0 Å². The average Bonchev–Trinajstić information content (AvgIpc) is 2.16. The number of methoxy groups -OCH3 is 1. The van der Waals surface area contributed by atoms with E-state index in [0.717, 1.165) is 25.3 Å². The van der Waals surface area contributed by atoms with E-state index in [1.807, 2.05) is 12.1 Å². The van der Waals surface area contributed by atoms with E-state index in [1.165, 1.54) is 11.3 Å². The Morgan fingerprint density at radius 3 is 2.67 bits per heavy atom. The van der Waals surface area contributed by atoms with E-state index in [0.29, 0.717) is 0 Å². The number of hydrogen-bond acceptors (Lipinski definition) is 3. The Morgan fingerprint density at radius 2 is 2.07 bits per heavy atom. The van der Waals surface area contributed by atoms with E-state index < -0.39 is 0 Å². The van der Waals surface area contributed by atoms with Crippen LogP contribution in [0.5, 0.6) is 0 Å². The Hall–Kier alpha value is -1.22. The predicted octanol–water partition coefficient (Wildman–Crippen LogP) is 2.05. The van der Waals surface area contributed by atoms with Gasteiger partial charge in [-0.2, -0.15) is 0 Å². The van der Waals surface area contributed by atoms with E-state index >= 15 is 0 Å². The summed E-state index contributed by atoms with van der Waals surface area (Å²) in [6, 6.07) is 6.12. The molecule has 2 N–H and O–H groups in total. The normalized spacial score (nSPS) is 10.3. The van der Waals surface area contributed by atoms with Crippen LogP contribution in [0.15, 0.2) is 18.2 Å². The van der Waals surface area contributed by atoms with Crippen molar-refractivity contribution in [2.45, 2.75) is 13.3 Å². The maximum atomic E-state index is 5.80. The Bertz CT molecular complexity index is 292. The molecule has 1 aromatic carbocycles. The van der Waals surface area contributed by atoms with Crippen molar-refractivity contribution in [1.29, 1.82) is 0 Å². The first-order valence-corrected chi connectivity index (χ1v) is 5.20. The molecule has 0 saturated carbocycles. The summed E-state index contributed by atoms with van der Waals surface area (Å²) in [7, 11) is 3.80. The molecule has 0 heterocycles. The lowest BCUT2D eigenvalue weighted by Gasteiger charge is -2.20. The molecule has 0 saturated heterocycles. The molecule has 0 fully saturated rings. The summed E-state index contributed by atoms with van der Waals surface area (Å²) >= 11 is 0. The highest BCUT2D eigenvalue weighted by molar-refractivity contribution is 5.57. The van der Waals surface area contributed by atoms with E-state index in [-0.39, 0.29) is 0 Å². The molecule has 3 nitrogen and oxygen atoms in total. The number of nitrogens with zero attached hydrogens (tertiary/aromatic N) is 1. The van der Waals surface area contributed by atoms with Gasteiger partial charge >= 0.3 is 0 Å². The van der Waals surface area contributed by atoms with Crippen LogP contribution in [0, 0.1) is 6.92 Å². The second kappa shape index (κ2) is 5.61. The molecule has 3 heteroatoms. The van der Waals surface area contributed by atoms with Gasteiger partial charge in [0.15, 0.2) is 0 Å². The fraction of sp³-hybridized carbons (Fsp3) is 0.500. The van der Waals surface area contributed by atoms with Crippen molar-refractivity contribution >= 4 is 11.4 Å². The van der Waals surface area contributed by atoms with E-state index in [2.05, 4.69) is 24.9 Å². The van der Waals surface area contributed by atoms with Gasteiger partial charge in [0.25, 0.3) is 0 Å². The topological polar surface area (TPSA) is 38.5 Å². The first kappa shape index (κ1) is 11.9. The third-order valence-electron chi connectivity index (χ3n) is 2.37. The van der Waals surface area contributed by atoms with Crippen LogP contribution in [0.4, 0.5) is 11.4 Å². The molecule has 0 atom stereocenters. The molecule has 0 radical (unpaired) electrons. The number of ether oxygens (including phenoxy) is 1. The molecule has 0 spiro atoms. The molecule has 0 aliphatic rings. The fourth-order valence-electron chi connectivity index (χ4n) is 1.59. The molecule has 1 rings (SSSR count). The molecule has 0 aliphatic heterocycles. The summed E-state index contributed by atoms with van der Waals surface area (Å²) in [5, 5.41) is 0.